The van der Waals surface area contributed by atoms with Crippen LogP contribution in [-0.2, 0) is 0 Å². The summed E-state index contributed by atoms with van der Waals surface area (Å²) in [6, 6.07) is 0. The molecule has 0 radical (unpaired) electrons. The number of hydrogen-bond acceptors (Lipinski definition) is 1. The van der Waals surface area contributed by atoms with E-state index in [1.807, 2.05) is 13.8 Å². The van der Waals surface area contributed by atoms with Gasteiger partial charge in [0.25, 0.3) is 0 Å². The van der Waals surface area contributed by atoms with Crippen LogP contribution in [0.15, 0.2) is 0 Å². The highest BCUT2D eigenvalue weighted by Gasteiger charge is 2.31. The first-order valence-electron chi connectivity index (χ1n) is 7.43. The Labute approximate surface area is 113 Å². The van der Waals surface area contributed by atoms with Gasteiger partial charge in [0.15, 0.2) is 0 Å². The molecular weight excluding hydrogens is 206 g/mol. The van der Waals surface area contributed by atoms with Crippen LogP contribution >= 0.6 is 0 Å². The molecule has 0 amide bonds. The number of nitrogens with two attached hydrogens (primary N) is 1. The molecule has 17 heavy (non-hydrogen) atoms. The van der Waals surface area contributed by atoms with Crippen molar-refractivity contribution in [2.45, 2.75) is 88.0 Å². The normalized spacial score (nSPS) is 10.9. The molecule has 0 heterocycles. The second-order valence-electron chi connectivity index (χ2n) is 6.09. The van der Waals surface area contributed by atoms with E-state index in [0.717, 1.165) is 6.54 Å². The van der Waals surface area contributed by atoms with Crippen LogP contribution in [0.25, 0.3) is 0 Å². The molecule has 0 saturated heterocycles. The first-order valence-corrected chi connectivity index (χ1v) is 7.43. The van der Waals surface area contributed by atoms with Crippen molar-refractivity contribution in [1.29, 1.82) is 0 Å². The van der Waals surface area contributed by atoms with E-state index in [-0.39, 0.29) is 1.43 Å². The zero-order valence-corrected chi connectivity index (χ0v) is 14.1. The van der Waals surface area contributed by atoms with Crippen molar-refractivity contribution < 1.29 is 1.43 Å². The highest BCUT2D eigenvalue weighted by molar-refractivity contribution is 4.81. The summed E-state index contributed by atoms with van der Waals surface area (Å²) in [6.07, 6.45) is 4.97. The van der Waals surface area contributed by atoms with Gasteiger partial charge in [0.2, 0.25) is 0 Å². The van der Waals surface area contributed by atoms with Gasteiger partial charge < -0.3 is 5.73 Å². The third-order valence-corrected chi connectivity index (χ3v) is 3.29. The molecule has 110 valence electrons. The average Bonchev–Trinajstić information content (AvgIpc) is 2.20. The van der Waals surface area contributed by atoms with Crippen LogP contribution in [-0.4, -0.2) is 6.54 Å². The fourth-order valence-corrected chi connectivity index (χ4v) is 1.09. The Morgan fingerprint density at radius 1 is 0.882 bits per heavy atom. The monoisotopic (exact) mass is 247 g/mol. The van der Waals surface area contributed by atoms with Crippen LogP contribution in [0.1, 0.15) is 89.4 Å². The molecular formula is C16H41N. The van der Waals surface area contributed by atoms with Gasteiger partial charge in [-0.05, 0) is 30.2 Å². The highest BCUT2D eigenvalue weighted by atomic mass is 14.5. The van der Waals surface area contributed by atoms with Crippen molar-refractivity contribution in [3.63, 3.8) is 0 Å². The van der Waals surface area contributed by atoms with Gasteiger partial charge in [-0.25, -0.2) is 0 Å². The zero-order chi connectivity index (χ0) is 14.5. The van der Waals surface area contributed by atoms with Gasteiger partial charge in [-0.3, -0.25) is 0 Å². The van der Waals surface area contributed by atoms with Crippen molar-refractivity contribution in [1.82, 2.24) is 0 Å². The lowest BCUT2D eigenvalue weighted by molar-refractivity contribution is 0.116. The summed E-state index contributed by atoms with van der Waals surface area (Å²) in [7, 11) is 0. The Morgan fingerprint density at radius 3 is 1.47 bits per heavy atom. The SMILES string of the molecule is CC.CC(C)(C)C(C)(C)CCCCN.CCC.[HH]. The largest absolute Gasteiger partial charge is 0.330 e. The van der Waals surface area contributed by atoms with Crippen molar-refractivity contribution in [3.8, 4) is 0 Å². The third-order valence-electron chi connectivity index (χ3n) is 3.29. The molecule has 0 aliphatic heterocycles. The van der Waals surface area contributed by atoms with Crippen molar-refractivity contribution in [3.05, 3.63) is 0 Å². The van der Waals surface area contributed by atoms with Crippen LogP contribution in [0, 0.1) is 10.8 Å². The molecule has 0 aliphatic carbocycles. The van der Waals surface area contributed by atoms with E-state index in [2.05, 4.69) is 48.5 Å². The first kappa shape index (κ1) is 22.2. The number of rotatable bonds is 4. The first-order chi connectivity index (χ1) is 7.72. The fraction of sp³-hybridized carbons (Fsp3) is 1.00. The zero-order valence-electron chi connectivity index (χ0n) is 14.1. The van der Waals surface area contributed by atoms with Crippen LogP contribution in [0.2, 0.25) is 0 Å². The molecule has 0 atom stereocenters. The predicted molar refractivity (Wildman–Crippen MR) is 85.6 cm³/mol. The van der Waals surface area contributed by atoms with E-state index in [0.29, 0.717) is 10.8 Å². The second kappa shape index (κ2) is 12.4. The molecule has 0 aromatic carbocycles. The fourth-order valence-electron chi connectivity index (χ4n) is 1.09. The average molecular weight is 248 g/mol. The Bertz CT molecular complexity index is 137. The molecule has 0 unspecified atom stereocenters. The van der Waals surface area contributed by atoms with Gasteiger partial charge in [0.05, 0.1) is 0 Å². The Hall–Kier alpha value is -0.0400. The molecule has 1 nitrogen and oxygen atoms in total. The van der Waals surface area contributed by atoms with E-state index in [9.17, 15) is 0 Å². The van der Waals surface area contributed by atoms with Gasteiger partial charge in [0.1, 0.15) is 0 Å². The quantitative estimate of drug-likeness (QED) is 0.617. The lowest BCUT2D eigenvalue weighted by Crippen LogP contribution is -2.29. The minimum absolute atomic E-state index is 0. The molecule has 0 fully saturated rings. The summed E-state index contributed by atoms with van der Waals surface area (Å²) in [6.45, 7) is 20.7. The summed E-state index contributed by atoms with van der Waals surface area (Å²) < 4.78 is 0. The molecule has 0 saturated carbocycles. The summed E-state index contributed by atoms with van der Waals surface area (Å²) in [5.74, 6) is 0. The molecule has 0 aromatic rings. The molecule has 1 heteroatoms. The van der Waals surface area contributed by atoms with Crippen molar-refractivity contribution in [2.24, 2.45) is 16.6 Å². The molecule has 0 rings (SSSR count). The van der Waals surface area contributed by atoms with Crippen LogP contribution in [0.4, 0.5) is 0 Å². The lowest BCUT2D eigenvalue weighted by Gasteiger charge is -2.39. The summed E-state index contributed by atoms with van der Waals surface area (Å²) in [5.41, 5.74) is 6.30. The highest BCUT2D eigenvalue weighted by Crippen LogP contribution is 2.41. The van der Waals surface area contributed by atoms with Gasteiger partial charge in [-0.1, -0.05) is 75.2 Å². The van der Waals surface area contributed by atoms with Gasteiger partial charge in [0, 0.05) is 1.43 Å². The number of hydrogen-bond donors (Lipinski definition) is 1. The lowest BCUT2D eigenvalue weighted by atomic mass is 9.67. The molecule has 0 aromatic heterocycles. The standard InChI is InChI=1S/C11H25N.C3H8.C2H6.H2/c1-10(2,3)11(4,5)8-6-7-9-12;1-3-2;1-2;/h6-9,12H2,1-5H3;3H2,1-2H3;1-2H3;1H. The summed E-state index contributed by atoms with van der Waals surface area (Å²) in [4.78, 5) is 0. The van der Waals surface area contributed by atoms with Gasteiger partial charge in [-0.15, -0.1) is 0 Å². The van der Waals surface area contributed by atoms with Crippen molar-refractivity contribution in [2.75, 3.05) is 6.54 Å². The topological polar surface area (TPSA) is 26.0 Å². The molecule has 0 spiro atoms. The Morgan fingerprint density at radius 2 is 1.24 bits per heavy atom. The van der Waals surface area contributed by atoms with E-state index < -0.39 is 0 Å². The molecule has 0 bridgehead atoms. The minimum atomic E-state index is 0. The third kappa shape index (κ3) is 13.9. The predicted octanol–water partition coefficient (Wildman–Crippen LogP) is 5.88. The van der Waals surface area contributed by atoms with E-state index in [1.165, 1.54) is 25.7 Å². The minimum Gasteiger partial charge on any atom is -0.330 e. The Kier molecular flexibility index (Phi) is 16.2. The van der Waals surface area contributed by atoms with Crippen molar-refractivity contribution >= 4 is 0 Å². The van der Waals surface area contributed by atoms with E-state index >= 15 is 0 Å². The van der Waals surface area contributed by atoms with Crippen LogP contribution in [0.3, 0.4) is 0 Å². The number of unbranched alkanes of at least 4 members (excludes halogenated alkanes) is 1. The smallest absolute Gasteiger partial charge is 0 e. The van der Waals surface area contributed by atoms with E-state index in [4.69, 9.17) is 5.73 Å². The molecule has 2 N–H and O–H groups in total. The summed E-state index contributed by atoms with van der Waals surface area (Å²) >= 11 is 0. The molecule has 0 aliphatic rings. The maximum atomic E-state index is 5.47. The van der Waals surface area contributed by atoms with Gasteiger partial charge in [-0.2, -0.15) is 0 Å². The van der Waals surface area contributed by atoms with Gasteiger partial charge >= 0.3 is 0 Å². The van der Waals surface area contributed by atoms with Crippen LogP contribution in [0.5, 0.6) is 0 Å². The van der Waals surface area contributed by atoms with Crippen LogP contribution < -0.4 is 5.73 Å². The maximum absolute atomic E-state index is 5.47. The summed E-state index contributed by atoms with van der Waals surface area (Å²) in [5, 5.41) is 0. The maximum Gasteiger partial charge on any atom is 0 e. The van der Waals surface area contributed by atoms with E-state index in [1.54, 1.807) is 0 Å². The Balaban J connectivity index is -0.000000142. The second-order valence-corrected chi connectivity index (χ2v) is 6.09.